The number of unbranched alkanes of at least 4 members (excludes halogenated alkanes) is 11. The van der Waals surface area contributed by atoms with E-state index in [2.05, 4.69) is 13.8 Å². The molecule has 0 heterocycles. The molecule has 0 saturated carbocycles. The van der Waals surface area contributed by atoms with Gasteiger partial charge in [-0.1, -0.05) is 90.2 Å². The zero-order valence-electron chi connectivity index (χ0n) is 19.7. The molecule has 0 saturated heterocycles. The number of carbonyl (C=O) groups is 1. The van der Waals surface area contributed by atoms with Crippen LogP contribution in [0.4, 0.5) is 0 Å². The summed E-state index contributed by atoms with van der Waals surface area (Å²) in [6.07, 6.45) is 18.4. The van der Waals surface area contributed by atoms with E-state index in [1.165, 1.54) is 0 Å². The van der Waals surface area contributed by atoms with Crippen LogP contribution < -0.4 is 29.6 Å². The van der Waals surface area contributed by atoms with E-state index in [4.69, 9.17) is 4.74 Å². The summed E-state index contributed by atoms with van der Waals surface area (Å²) in [6.45, 7) is 4.80. The number of ether oxygens (including phenoxy) is 1. The summed E-state index contributed by atoms with van der Waals surface area (Å²) in [7, 11) is -4.26. The number of carbonyl (C=O) groups excluding carboxylic acids is 1. The maximum absolute atomic E-state index is 11.5. The van der Waals surface area contributed by atoms with Gasteiger partial charge in [0.25, 0.3) is 0 Å². The largest absolute Gasteiger partial charge is 1.00 e. The van der Waals surface area contributed by atoms with Gasteiger partial charge >= 0.3 is 35.5 Å². The standard InChI is InChI=1S/C23H44O5S.Na/c1-3-5-7-11-14-18-22(29(25,26)27)19-15-12-9-8-10-13-16-20-23(24)28-21-17-6-4-2;/h15,19,22H,3-14,16-18,20-21H2,1-2H3,(H,25,26,27);/q;+1/p-1/b19-15-;. The Morgan fingerprint density at radius 2 is 1.43 bits per heavy atom. The van der Waals surface area contributed by atoms with Crippen molar-refractivity contribution in [3.8, 4) is 0 Å². The third-order valence-corrected chi connectivity index (χ3v) is 6.21. The molecule has 0 fully saturated rings. The van der Waals surface area contributed by atoms with Crippen molar-refractivity contribution >= 4 is 16.1 Å². The molecule has 0 aromatic heterocycles. The van der Waals surface area contributed by atoms with Gasteiger partial charge in [0.2, 0.25) is 0 Å². The van der Waals surface area contributed by atoms with Crippen LogP contribution in [0.5, 0.6) is 0 Å². The molecule has 0 aliphatic rings. The summed E-state index contributed by atoms with van der Waals surface area (Å²) in [5, 5.41) is -0.882. The molecule has 0 rings (SSSR count). The third kappa shape index (κ3) is 21.4. The molecule has 0 radical (unpaired) electrons. The third-order valence-electron chi connectivity index (χ3n) is 5.08. The van der Waals surface area contributed by atoms with Gasteiger partial charge in [0.15, 0.2) is 0 Å². The van der Waals surface area contributed by atoms with Crippen molar-refractivity contribution in [2.75, 3.05) is 6.61 Å². The first-order chi connectivity index (χ1) is 13.9. The zero-order valence-corrected chi connectivity index (χ0v) is 22.5. The van der Waals surface area contributed by atoms with Gasteiger partial charge in [-0.05, 0) is 32.1 Å². The fourth-order valence-corrected chi connectivity index (χ4v) is 3.96. The Morgan fingerprint density at radius 3 is 2.10 bits per heavy atom. The van der Waals surface area contributed by atoms with Crippen LogP contribution in [0.1, 0.15) is 117 Å². The average molecular weight is 455 g/mol. The van der Waals surface area contributed by atoms with Crippen molar-refractivity contribution in [3.05, 3.63) is 12.2 Å². The second-order valence-electron chi connectivity index (χ2n) is 7.90. The fourth-order valence-electron chi connectivity index (χ4n) is 3.21. The van der Waals surface area contributed by atoms with Crippen LogP contribution in [0.25, 0.3) is 0 Å². The minimum absolute atomic E-state index is 0. The Bertz CT molecular complexity index is 520. The predicted octanol–water partition coefficient (Wildman–Crippen LogP) is 3.29. The first kappa shape index (κ1) is 32.3. The van der Waals surface area contributed by atoms with Crippen molar-refractivity contribution in [3.63, 3.8) is 0 Å². The van der Waals surface area contributed by atoms with Gasteiger partial charge in [0, 0.05) is 6.42 Å². The van der Waals surface area contributed by atoms with Gasteiger partial charge in [-0.3, -0.25) is 4.79 Å². The normalized spacial score (nSPS) is 12.6. The quantitative estimate of drug-likeness (QED) is 0.0927. The molecule has 5 nitrogen and oxygen atoms in total. The van der Waals surface area contributed by atoms with E-state index in [9.17, 15) is 17.8 Å². The van der Waals surface area contributed by atoms with Gasteiger partial charge in [-0.2, -0.15) is 0 Å². The van der Waals surface area contributed by atoms with Crippen LogP contribution in [0.15, 0.2) is 12.2 Å². The van der Waals surface area contributed by atoms with E-state index in [-0.39, 0.29) is 35.5 Å². The van der Waals surface area contributed by atoms with Crippen LogP contribution in [0.3, 0.4) is 0 Å². The Balaban J connectivity index is 0. The Morgan fingerprint density at radius 1 is 0.867 bits per heavy atom. The summed E-state index contributed by atoms with van der Waals surface area (Å²) < 4.78 is 39.4. The number of rotatable bonds is 20. The minimum atomic E-state index is -4.26. The fraction of sp³-hybridized carbons (Fsp3) is 0.870. The van der Waals surface area contributed by atoms with Crippen molar-refractivity contribution in [2.24, 2.45) is 0 Å². The monoisotopic (exact) mass is 454 g/mol. The molecule has 30 heavy (non-hydrogen) atoms. The maximum atomic E-state index is 11.5. The van der Waals surface area contributed by atoms with Crippen LogP contribution in [0.2, 0.25) is 0 Å². The van der Waals surface area contributed by atoms with Crippen LogP contribution >= 0.6 is 0 Å². The second-order valence-corrected chi connectivity index (χ2v) is 9.49. The Labute approximate surface area is 207 Å². The van der Waals surface area contributed by atoms with Crippen molar-refractivity contribution < 1.29 is 52.1 Å². The molecule has 1 atom stereocenters. The second kappa shape index (κ2) is 22.3. The van der Waals surface area contributed by atoms with Gasteiger partial charge in [0.05, 0.1) is 11.9 Å². The first-order valence-electron chi connectivity index (χ1n) is 11.7. The number of hydrogen-bond acceptors (Lipinski definition) is 5. The summed E-state index contributed by atoms with van der Waals surface area (Å²) >= 11 is 0. The van der Waals surface area contributed by atoms with E-state index in [0.29, 0.717) is 19.4 Å². The Kier molecular flexibility index (Phi) is 24.0. The van der Waals surface area contributed by atoms with E-state index in [1.54, 1.807) is 6.08 Å². The molecule has 0 N–H and O–H groups in total. The van der Waals surface area contributed by atoms with Gasteiger partial charge < -0.3 is 9.29 Å². The van der Waals surface area contributed by atoms with Crippen LogP contribution in [0, 0.1) is 0 Å². The molecule has 172 valence electrons. The number of hydrogen-bond donors (Lipinski definition) is 0. The summed E-state index contributed by atoms with van der Waals surface area (Å²) in [6, 6.07) is 0. The molecular formula is C23H43NaO5S. The summed E-state index contributed by atoms with van der Waals surface area (Å²) in [4.78, 5) is 11.5. The molecule has 7 heteroatoms. The maximum Gasteiger partial charge on any atom is 1.00 e. The SMILES string of the molecule is CCCCCCCC(/C=C\CCCCCCCC(=O)OCCCCC)S(=O)(=O)[O-].[Na+]. The van der Waals surface area contributed by atoms with Crippen molar-refractivity contribution in [1.29, 1.82) is 0 Å². The predicted molar refractivity (Wildman–Crippen MR) is 119 cm³/mol. The average Bonchev–Trinajstić information content (AvgIpc) is 2.67. The van der Waals surface area contributed by atoms with Crippen LogP contribution in [-0.4, -0.2) is 30.8 Å². The molecule has 0 amide bonds. The first-order valence-corrected chi connectivity index (χ1v) is 13.2. The molecule has 0 bridgehead atoms. The van der Waals surface area contributed by atoms with Crippen molar-refractivity contribution in [1.82, 2.24) is 0 Å². The molecular weight excluding hydrogens is 411 g/mol. The molecule has 0 aromatic carbocycles. The molecule has 0 aliphatic carbocycles. The minimum Gasteiger partial charge on any atom is -0.747 e. The van der Waals surface area contributed by atoms with Gasteiger partial charge in [-0.25, -0.2) is 8.42 Å². The molecule has 0 spiro atoms. The summed E-state index contributed by atoms with van der Waals surface area (Å²) in [5.41, 5.74) is 0. The van der Waals surface area contributed by atoms with Gasteiger partial charge in [0.1, 0.15) is 10.1 Å². The van der Waals surface area contributed by atoms with E-state index >= 15 is 0 Å². The zero-order chi connectivity index (χ0) is 21.8. The van der Waals surface area contributed by atoms with Crippen LogP contribution in [-0.2, 0) is 19.6 Å². The summed E-state index contributed by atoms with van der Waals surface area (Å²) in [5.74, 6) is -0.0939. The molecule has 0 aromatic rings. The Hall–Kier alpha value is 0.120. The van der Waals surface area contributed by atoms with E-state index in [1.807, 2.05) is 6.08 Å². The van der Waals surface area contributed by atoms with Gasteiger partial charge in [-0.15, -0.1) is 0 Å². The smallest absolute Gasteiger partial charge is 0.747 e. The number of esters is 1. The van der Waals surface area contributed by atoms with Crippen molar-refractivity contribution in [2.45, 2.75) is 122 Å². The molecule has 1 unspecified atom stereocenters. The van der Waals surface area contributed by atoms with E-state index < -0.39 is 15.4 Å². The topological polar surface area (TPSA) is 83.5 Å². The molecule has 0 aliphatic heterocycles. The van der Waals surface area contributed by atoms with E-state index in [0.717, 1.165) is 89.9 Å². The number of allylic oxidation sites excluding steroid dienone is 1.